The summed E-state index contributed by atoms with van der Waals surface area (Å²) in [5.41, 5.74) is 0. The Morgan fingerprint density at radius 1 is 0.882 bits per heavy atom. The van der Waals surface area contributed by atoms with Gasteiger partial charge in [-0.05, 0) is 30.8 Å². The molecule has 0 amide bonds. The molecule has 0 fully saturated rings. The highest BCUT2D eigenvalue weighted by molar-refractivity contribution is 6.67. The van der Waals surface area contributed by atoms with E-state index in [0.717, 1.165) is 37.6 Å². The van der Waals surface area contributed by atoms with E-state index in [-0.39, 0.29) is 0 Å². The van der Waals surface area contributed by atoms with Gasteiger partial charge in [-0.15, -0.1) is 0 Å². The first-order valence-corrected chi connectivity index (χ1v) is 9.61. The minimum atomic E-state index is -1.86. The third kappa shape index (κ3) is 7.95. The highest BCUT2D eigenvalue weighted by Gasteiger charge is 2.33. The molecule has 0 spiro atoms. The van der Waals surface area contributed by atoms with Crippen molar-refractivity contribution in [1.82, 2.24) is 0 Å². The van der Waals surface area contributed by atoms with Crippen molar-refractivity contribution in [2.24, 2.45) is 5.92 Å². The van der Waals surface area contributed by atoms with Crippen LogP contribution in [0, 0.1) is 5.92 Å². The molecule has 2 nitrogen and oxygen atoms in total. The van der Waals surface area contributed by atoms with Gasteiger partial charge in [0.05, 0.1) is 0 Å². The van der Waals surface area contributed by atoms with Gasteiger partial charge in [0.1, 0.15) is 0 Å². The van der Waals surface area contributed by atoms with Crippen LogP contribution in [0.3, 0.4) is 0 Å². The molecule has 0 aliphatic carbocycles. The second kappa shape index (κ2) is 10.1. The van der Waals surface area contributed by atoms with Crippen LogP contribution in [0.1, 0.15) is 60.3 Å². The van der Waals surface area contributed by atoms with Crippen molar-refractivity contribution in [3.8, 4) is 0 Å². The van der Waals surface area contributed by atoms with Crippen molar-refractivity contribution < 1.29 is 8.85 Å². The lowest BCUT2D eigenvalue weighted by Crippen LogP contribution is -2.41. The van der Waals surface area contributed by atoms with Crippen LogP contribution >= 0.6 is 0 Å². The fourth-order valence-electron chi connectivity index (χ4n) is 1.79. The summed E-state index contributed by atoms with van der Waals surface area (Å²) in [6.07, 6.45) is 4.85. The number of hydrogen-bond donors (Lipinski definition) is 0. The summed E-state index contributed by atoms with van der Waals surface area (Å²) in [5.74, 6) is 0.718. The van der Waals surface area contributed by atoms with Gasteiger partial charge in [0.25, 0.3) is 0 Å². The van der Waals surface area contributed by atoms with E-state index in [0.29, 0.717) is 0 Å². The molecule has 0 rings (SSSR count). The molecule has 104 valence electrons. The van der Waals surface area contributed by atoms with Crippen molar-refractivity contribution in [2.75, 3.05) is 13.2 Å². The Morgan fingerprint density at radius 2 is 1.47 bits per heavy atom. The number of hydrogen-bond acceptors (Lipinski definition) is 2. The quantitative estimate of drug-likeness (QED) is 0.395. The lowest BCUT2D eigenvalue weighted by Gasteiger charge is -2.29. The van der Waals surface area contributed by atoms with E-state index >= 15 is 0 Å². The summed E-state index contributed by atoms with van der Waals surface area (Å²) in [5, 5.41) is 0. The molecule has 0 aromatic heterocycles. The topological polar surface area (TPSA) is 18.5 Å². The van der Waals surface area contributed by atoms with Gasteiger partial charge in [0.2, 0.25) is 0 Å². The van der Waals surface area contributed by atoms with E-state index in [1.54, 1.807) is 0 Å². The minimum absolute atomic E-state index is 0.718. The van der Waals surface area contributed by atoms with Gasteiger partial charge < -0.3 is 8.85 Å². The summed E-state index contributed by atoms with van der Waals surface area (Å²) >= 11 is 0. The molecule has 0 bridgehead atoms. The van der Waals surface area contributed by atoms with Crippen LogP contribution in [-0.2, 0) is 8.85 Å². The maximum Gasteiger partial charge on any atom is 0.337 e. The fourth-order valence-corrected chi connectivity index (χ4v) is 4.20. The molecular formula is C14H32O2Si. The number of rotatable bonds is 11. The van der Waals surface area contributed by atoms with Crippen LogP contribution < -0.4 is 0 Å². The predicted octanol–water partition coefficient (Wildman–Crippen LogP) is 4.74. The first-order chi connectivity index (χ1) is 8.10. The fraction of sp³-hybridized carbons (Fsp3) is 1.00. The average molecular weight is 260 g/mol. The molecule has 0 saturated carbocycles. The maximum atomic E-state index is 6.14. The smallest absolute Gasteiger partial charge is 0.337 e. The second-order valence-electron chi connectivity index (χ2n) is 5.20. The molecule has 0 aliphatic rings. The molecule has 3 heteroatoms. The van der Waals surface area contributed by atoms with Crippen molar-refractivity contribution >= 4 is 8.56 Å². The van der Waals surface area contributed by atoms with Crippen molar-refractivity contribution in [3.63, 3.8) is 0 Å². The first-order valence-electron chi connectivity index (χ1n) is 7.38. The molecule has 0 atom stereocenters. The molecule has 17 heavy (non-hydrogen) atoms. The number of unbranched alkanes of at least 4 members (excludes halogenated alkanes) is 2. The van der Waals surface area contributed by atoms with Crippen LogP contribution in [-0.4, -0.2) is 21.8 Å². The second-order valence-corrected chi connectivity index (χ2v) is 9.02. The van der Waals surface area contributed by atoms with Crippen LogP contribution in [0.25, 0.3) is 0 Å². The largest absolute Gasteiger partial charge is 0.394 e. The Morgan fingerprint density at radius 3 is 1.94 bits per heavy atom. The highest BCUT2D eigenvalue weighted by Crippen LogP contribution is 2.20. The van der Waals surface area contributed by atoms with E-state index in [1.807, 2.05) is 0 Å². The Bertz CT molecular complexity index is 168. The average Bonchev–Trinajstić information content (AvgIpc) is 2.32. The molecule has 0 aromatic rings. The lowest BCUT2D eigenvalue weighted by atomic mass is 10.2. The normalized spacial score (nSPS) is 12.4. The molecule has 0 unspecified atom stereocenters. The summed E-state index contributed by atoms with van der Waals surface area (Å²) in [4.78, 5) is 0. The Hall–Kier alpha value is 0.137. The van der Waals surface area contributed by atoms with E-state index < -0.39 is 8.56 Å². The Kier molecular flexibility index (Phi) is 10.2. The Balaban J connectivity index is 3.97. The van der Waals surface area contributed by atoms with Crippen molar-refractivity contribution in [2.45, 2.75) is 72.4 Å². The summed E-state index contributed by atoms with van der Waals surface area (Å²) in [6.45, 7) is 12.9. The SMILES string of the molecule is CCCCCO[Si](CC)(CC)OCCC(C)C. The molecule has 0 heterocycles. The van der Waals surface area contributed by atoms with Crippen molar-refractivity contribution in [3.05, 3.63) is 0 Å². The molecule has 0 aliphatic heterocycles. The van der Waals surface area contributed by atoms with E-state index in [1.165, 1.54) is 19.3 Å². The van der Waals surface area contributed by atoms with Gasteiger partial charge in [0, 0.05) is 13.2 Å². The van der Waals surface area contributed by atoms with Crippen LogP contribution in [0.5, 0.6) is 0 Å². The first kappa shape index (κ1) is 17.1. The zero-order chi connectivity index (χ0) is 13.1. The van der Waals surface area contributed by atoms with E-state index in [2.05, 4.69) is 34.6 Å². The third-order valence-corrected chi connectivity index (χ3v) is 6.87. The van der Waals surface area contributed by atoms with Gasteiger partial charge >= 0.3 is 8.56 Å². The highest BCUT2D eigenvalue weighted by atomic mass is 28.4. The third-order valence-electron chi connectivity index (χ3n) is 3.25. The zero-order valence-corrected chi connectivity index (χ0v) is 13.6. The molecule has 0 N–H and O–H groups in total. The summed E-state index contributed by atoms with van der Waals surface area (Å²) < 4.78 is 12.3. The van der Waals surface area contributed by atoms with Gasteiger partial charge in [-0.1, -0.05) is 47.5 Å². The van der Waals surface area contributed by atoms with Crippen molar-refractivity contribution in [1.29, 1.82) is 0 Å². The molecule has 0 radical (unpaired) electrons. The predicted molar refractivity (Wildman–Crippen MR) is 77.6 cm³/mol. The lowest BCUT2D eigenvalue weighted by molar-refractivity contribution is 0.159. The van der Waals surface area contributed by atoms with Crippen LogP contribution in [0.2, 0.25) is 12.1 Å². The monoisotopic (exact) mass is 260 g/mol. The Labute approximate surface area is 109 Å². The maximum absolute atomic E-state index is 6.14. The van der Waals surface area contributed by atoms with Crippen LogP contribution in [0.4, 0.5) is 0 Å². The summed E-state index contributed by atoms with van der Waals surface area (Å²) in [7, 11) is -1.86. The van der Waals surface area contributed by atoms with Gasteiger partial charge in [-0.25, -0.2) is 0 Å². The minimum Gasteiger partial charge on any atom is -0.394 e. The molecular weight excluding hydrogens is 228 g/mol. The van der Waals surface area contributed by atoms with Gasteiger partial charge in [-0.3, -0.25) is 0 Å². The van der Waals surface area contributed by atoms with Crippen LogP contribution in [0.15, 0.2) is 0 Å². The van der Waals surface area contributed by atoms with Gasteiger partial charge in [-0.2, -0.15) is 0 Å². The summed E-state index contributed by atoms with van der Waals surface area (Å²) in [6, 6.07) is 2.15. The molecule has 0 aromatic carbocycles. The molecule has 0 saturated heterocycles. The standard InChI is InChI=1S/C14H32O2Si/c1-6-9-10-12-15-17(7-2,8-3)16-13-11-14(4)5/h14H,6-13H2,1-5H3. The van der Waals surface area contributed by atoms with Gasteiger partial charge in [0.15, 0.2) is 0 Å². The van der Waals surface area contributed by atoms with E-state index in [9.17, 15) is 0 Å². The van der Waals surface area contributed by atoms with E-state index in [4.69, 9.17) is 8.85 Å². The zero-order valence-electron chi connectivity index (χ0n) is 12.6.